The van der Waals surface area contributed by atoms with Crippen molar-refractivity contribution in [2.75, 3.05) is 5.75 Å². The third-order valence-electron chi connectivity index (χ3n) is 5.10. The highest BCUT2D eigenvalue weighted by Gasteiger charge is 2.48. The number of benzene rings is 2. The summed E-state index contributed by atoms with van der Waals surface area (Å²) < 4.78 is 0. The van der Waals surface area contributed by atoms with Crippen molar-refractivity contribution in [1.82, 2.24) is 15.5 Å². The van der Waals surface area contributed by atoms with E-state index in [-0.39, 0.29) is 23.1 Å². The molecule has 2 aliphatic rings. The lowest BCUT2D eigenvalue weighted by Gasteiger charge is -2.24. The fraction of sp³-hybridized carbons (Fsp3) is 0.286. The maximum absolute atomic E-state index is 12.8. The smallest absolute Gasteiger partial charge is 0.256 e. The largest absolute Gasteiger partial charge is 0.350 e. The minimum atomic E-state index is -0.717. The molecule has 3 amide bonds. The number of nitrogens with zero attached hydrogens (tertiary/aromatic N) is 1. The molecule has 1 saturated heterocycles. The fourth-order valence-electron chi connectivity index (χ4n) is 3.61. The second-order valence-electron chi connectivity index (χ2n) is 7.08. The van der Waals surface area contributed by atoms with Crippen molar-refractivity contribution in [3.05, 3.63) is 70.2 Å². The summed E-state index contributed by atoms with van der Waals surface area (Å²) in [5.41, 5.74) is 2.47. The van der Waals surface area contributed by atoms with Gasteiger partial charge in [0.05, 0.1) is 0 Å². The Kier molecular flexibility index (Phi) is 5.52. The van der Waals surface area contributed by atoms with Crippen LogP contribution >= 0.6 is 23.4 Å². The Balaban J connectivity index is 1.36. The molecule has 3 atom stereocenters. The van der Waals surface area contributed by atoms with E-state index in [0.717, 1.165) is 11.1 Å². The third-order valence-corrected chi connectivity index (χ3v) is 6.64. The Morgan fingerprint density at radius 3 is 2.83 bits per heavy atom. The lowest BCUT2D eigenvalue weighted by Crippen LogP contribution is -2.52. The number of rotatable bonds is 5. The summed E-state index contributed by atoms with van der Waals surface area (Å²) in [5.74, 6) is -0.232. The van der Waals surface area contributed by atoms with E-state index < -0.39 is 12.1 Å². The Labute approximate surface area is 178 Å². The number of nitrogens with one attached hydrogen (secondary N) is 2. The van der Waals surface area contributed by atoms with Gasteiger partial charge >= 0.3 is 0 Å². The maximum Gasteiger partial charge on any atom is 0.256 e. The average molecular weight is 430 g/mol. The summed E-state index contributed by atoms with van der Waals surface area (Å²) in [5, 5.41) is 6.00. The molecule has 29 heavy (non-hydrogen) atoms. The number of halogens is 1. The highest BCUT2D eigenvalue weighted by molar-refractivity contribution is 7.99. The first-order valence-electron chi connectivity index (χ1n) is 9.31. The topological polar surface area (TPSA) is 78.5 Å². The fourth-order valence-corrected chi connectivity index (χ4v) is 5.28. The molecule has 0 aliphatic carbocycles. The molecule has 0 radical (unpaired) electrons. The van der Waals surface area contributed by atoms with Crippen molar-refractivity contribution in [1.29, 1.82) is 0 Å². The van der Waals surface area contributed by atoms with Crippen molar-refractivity contribution in [3.63, 3.8) is 0 Å². The lowest BCUT2D eigenvalue weighted by molar-refractivity contribution is -0.130. The maximum atomic E-state index is 12.8. The van der Waals surface area contributed by atoms with Gasteiger partial charge in [-0.3, -0.25) is 14.4 Å². The van der Waals surface area contributed by atoms with E-state index in [9.17, 15) is 14.4 Å². The Hall–Kier alpha value is -2.51. The number of hydrogen-bond donors (Lipinski definition) is 2. The van der Waals surface area contributed by atoms with Crippen molar-refractivity contribution in [3.8, 4) is 0 Å². The number of hydrogen-bond acceptors (Lipinski definition) is 4. The van der Waals surface area contributed by atoms with Gasteiger partial charge in [0, 0.05) is 22.9 Å². The van der Waals surface area contributed by atoms with Gasteiger partial charge in [-0.2, -0.15) is 0 Å². The van der Waals surface area contributed by atoms with Gasteiger partial charge in [-0.15, -0.1) is 11.8 Å². The molecule has 2 aromatic carbocycles. The van der Waals surface area contributed by atoms with Crippen LogP contribution in [0, 0.1) is 0 Å². The van der Waals surface area contributed by atoms with E-state index in [1.807, 2.05) is 30.3 Å². The Morgan fingerprint density at radius 2 is 2.03 bits per heavy atom. The zero-order chi connectivity index (χ0) is 20.5. The third kappa shape index (κ3) is 3.84. The van der Waals surface area contributed by atoms with Gasteiger partial charge in [0.15, 0.2) is 0 Å². The molecule has 0 bridgehead atoms. The summed E-state index contributed by atoms with van der Waals surface area (Å²) in [7, 11) is 0. The van der Waals surface area contributed by atoms with Gasteiger partial charge in [0.2, 0.25) is 11.8 Å². The molecule has 0 aromatic heterocycles. The van der Waals surface area contributed by atoms with E-state index in [4.69, 9.17) is 11.6 Å². The molecular weight excluding hydrogens is 410 g/mol. The monoisotopic (exact) mass is 429 g/mol. The van der Waals surface area contributed by atoms with Gasteiger partial charge in [0.1, 0.15) is 17.5 Å². The average Bonchev–Trinajstić information content (AvgIpc) is 3.26. The molecule has 1 fully saturated rings. The molecule has 0 saturated carbocycles. The summed E-state index contributed by atoms with van der Waals surface area (Å²) in [4.78, 5) is 39.5. The van der Waals surface area contributed by atoms with Gasteiger partial charge in [-0.25, -0.2) is 0 Å². The predicted molar refractivity (Wildman–Crippen MR) is 113 cm³/mol. The normalized spacial score (nSPS) is 20.8. The van der Waals surface area contributed by atoms with Crippen LogP contribution in [0.2, 0.25) is 5.02 Å². The first-order valence-corrected chi connectivity index (χ1v) is 10.7. The standard InChI is InChI=1S/C21H20ClN3O3S/c1-12(18(26)23-10-13-5-4-6-14(22)9-13)24-19(27)17-11-29-21-16-8-3-2-7-15(16)20(28)25(17)21/h2-9,12,17,21H,10-11H2,1H3,(H,23,26)(H,24,27). The second-order valence-corrected chi connectivity index (χ2v) is 8.63. The van der Waals surface area contributed by atoms with E-state index in [1.54, 1.807) is 41.8 Å². The number of thioether (sulfide) groups is 1. The zero-order valence-corrected chi connectivity index (χ0v) is 17.3. The SMILES string of the molecule is CC(NC(=O)C1CSC2c3ccccc3C(=O)N12)C(=O)NCc1cccc(Cl)c1. The van der Waals surface area contributed by atoms with E-state index >= 15 is 0 Å². The quantitative estimate of drug-likeness (QED) is 0.766. The molecule has 4 rings (SSSR count). The van der Waals surface area contributed by atoms with Gasteiger partial charge in [-0.1, -0.05) is 41.9 Å². The van der Waals surface area contributed by atoms with Crippen LogP contribution in [0.4, 0.5) is 0 Å². The predicted octanol–water partition coefficient (Wildman–Crippen LogP) is 2.73. The Bertz CT molecular complexity index is 983. The van der Waals surface area contributed by atoms with Crippen molar-refractivity contribution < 1.29 is 14.4 Å². The lowest BCUT2D eigenvalue weighted by atomic mass is 10.1. The minimum absolute atomic E-state index is 0.131. The highest BCUT2D eigenvalue weighted by atomic mass is 35.5. The summed E-state index contributed by atoms with van der Waals surface area (Å²) in [6, 6.07) is 13.3. The number of fused-ring (bicyclic) bond motifs is 3. The van der Waals surface area contributed by atoms with Crippen LogP contribution in [0.25, 0.3) is 0 Å². The molecule has 150 valence electrons. The van der Waals surface area contributed by atoms with Crippen LogP contribution in [0.5, 0.6) is 0 Å². The number of carbonyl (C=O) groups is 3. The van der Waals surface area contributed by atoms with Crippen LogP contribution in [-0.2, 0) is 16.1 Å². The molecular formula is C21H20ClN3O3S. The highest BCUT2D eigenvalue weighted by Crippen LogP contribution is 2.48. The van der Waals surface area contributed by atoms with E-state index in [2.05, 4.69) is 10.6 Å². The molecule has 2 aliphatic heterocycles. The Morgan fingerprint density at radius 1 is 1.24 bits per heavy atom. The second kappa shape index (κ2) is 8.08. The molecule has 2 aromatic rings. The van der Waals surface area contributed by atoms with Crippen LogP contribution < -0.4 is 10.6 Å². The summed E-state index contributed by atoms with van der Waals surface area (Å²) in [6.07, 6.45) is 0. The first kappa shape index (κ1) is 19.8. The van der Waals surface area contributed by atoms with E-state index in [0.29, 0.717) is 22.9 Å². The molecule has 8 heteroatoms. The molecule has 6 nitrogen and oxygen atoms in total. The van der Waals surface area contributed by atoms with Gasteiger partial charge in [-0.05, 0) is 36.2 Å². The zero-order valence-electron chi connectivity index (χ0n) is 15.7. The molecule has 3 unspecified atom stereocenters. The minimum Gasteiger partial charge on any atom is -0.350 e. The number of carbonyl (C=O) groups excluding carboxylic acids is 3. The van der Waals surface area contributed by atoms with Crippen LogP contribution in [0.15, 0.2) is 48.5 Å². The van der Waals surface area contributed by atoms with Gasteiger partial charge in [0.25, 0.3) is 5.91 Å². The van der Waals surface area contributed by atoms with E-state index in [1.165, 1.54) is 0 Å². The summed E-state index contributed by atoms with van der Waals surface area (Å²) in [6.45, 7) is 1.95. The number of amides is 3. The molecule has 2 N–H and O–H groups in total. The molecule has 2 heterocycles. The summed E-state index contributed by atoms with van der Waals surface area (Å²) >= 11 is 7.52. The van der Waals surface area contributed by atoms with Crippen LogP contribution in [0.1, 0.15) is 33.8 Å². The van der Waals surface area contributed by atoms with Crippen molar-refractivity contribution in [2.24, 2.45) is 0 Å². The van der Waals surface area contributed by atoms with Gasteiger partial charge < -0.3 is 15.5 Å². The first-order chi connectivity index (χ1) is 14.0. The molecule has 0 spiro atoms. The van der Waals surface area contributed by atoms with Crippen molar-refractivity contribution in [2.45, 2.75) is 30.9 Å². The van der Waals surface area contributed by atoms with Crippen molar-refractivity contribution >= 4 is 41.1 Å². The van der Waals surface area contributed by atoms with Crippen LogP contribution in [-0.4, -0.2) is 40.5 Å². The van der Waals surface area contributed by atoms with Crippen LogP contribution in [0.3, 0.4) is 0 Å².